The Bertz CT molecular complexity index is 597. The predicted molar refractivity (Wildman–Crippen MR) is 73.1 cm³/mol. The second kappa shape index (κ2) is 4.96. The monoisotopic (exact) mass is 255 g/mol. The summed E-state index contributed by atoms with van der Waals surface area (Å²) in [5.74, 6) is 0. The van der Waals surface area contributed by atoms with Gasteiger partial charge in [0.2, 0.25) is 0 Å². The summed E-state index contributed by atoms with van der Waals surface area (Å²) < 4.78 is 1.97. The third-order valence-corrected chi connectivity index (χ3v) is 3.73. The molecule has 1 fully saturated rings. The molecule has 98 valence electrons. The van der Waals surface area contributed by atoms with Crippen molar-refractivity contribution in [3.8, 4) is 11.3 Å². The lowest BCUT2D eigenvalue weighted by Gasteiger charge is -2.08. The molecule has 3 rings (SSSR count). The Hall–Kier alpha value is -1.97. The average molecular weight is 255 g/mol. The van der Waals surface area contributed by atoms with Gasteiger partial charge < -0.3 is 0 Å². The van der Waals surface area contributed by atoms with Gasteiger partial charge in [0, 0.05) is 24.2 Å². The Morgan fingerprint density at radius 3 is 2.79 bits per heavy atom. The van der Waals surface area contributed by atoms with Crippen molar-refractivity contribution in [1.82, 2.24) is 14.8 Å². The molecule has 0 unspecified atom stereocenters. The van der Waals surface area contributed by atoms with Crippen LogP contribution in [0.5, 0.6) is 0 Å². The van der Waals surface area contributed by atoms with E-state index in [0.29, 0.717) is 11.6 Å². The fraction of sp³-hybridized carbons (Fsp3) is 0.400. The van der Waals surface area contributed by atoms with E-state index >= 15 is 0 Å². The quantitative estimate of drug-likeness (QED) is 0.791. The van der Waals surface area contributed by atoms with Gasteiger partial charge in [0.1, 0.15) is 5.69 Å². The van der Waals surface area contributed by atoms with E-state index in [2.05, 4.69) is 10.1 Å². The maximum Gasteiger partial charge on any atom is 0.153 e. The zero-order chi connectivity index (χ0) is 13.2. The fourth-order valence-electron chi connectivity index (χ4n) is 2.76. The number of nitrogens with zero attached hydrogens (tertiary/aromatic N) is 3. The second-order valence-electron chi connectivity index (χ2n) is 5.22. The maximum absolute atomic E-state index is 11.2. The van der Waals surface area contributed by atoms with Crippen molar-refractivity contribution >= 4 is 6.29 Å². The summed E-state index contributed by atoms with van der Waals surface area (Å²) in [6.45, 7) is 1.99. The van der Waals surface area contributed by atoms with E-state index in [1.54, 1.807) is 12.4 Å². The number of aryl methyl sites for hydroxylation is 1. The molecule has 0 aromatic carbocycles. The number of aromatic nitrogens is 3. The van der Waals surface area contributed by atoms with Gasteiger partial charge in [-0.3, -0.25) is 14.5 Å². The molecule has 0 bridgehead atoms. The highest BCUT2D eigenvalue weighted by Gasteiger charge is 2.20. The van der Waals surface area contributed by atoms with E-state index in [4.69, 9.17) is 0 Å². The van der Waals surface area contributed by atoms with Crippen LogP contribution in [0.2, 0.25) is 0 Å². The smallest absolute Gasteiger partial charge is 0.153 e. The van der Waals surface area contributed by atoms with Crippen LogP contribution in [0.1, 0.15) is 47.6 Å². The van der Waals surface area contributed by atoms with E-state index in [0.717, 1.165) is 35.9 Å². The molecule has 4 nitrogen and oxygen atoms in total. The molecular weight excluding hydrogens is 238 g/mol. The third kappa shape index (κ3) is 2.30. The van der Waals surface area contributed by atoms with Gasteiger partial charge in [-0.1, -0.05) is 12.8 Å². The molecule has 2 aromatic heterocycles. The largest absolute Gasteiger partial charge is 0.298 e. The predicted octanol–water partition coefficient (Wildman–Crippen LogP) is 3.18. The first-order valence-electron chi connectivity index (χ1n) is 6.74. The number of hydrogen-bond acceptors (Lipinski definition) is 3. The molecule has 19 heavy (non-hydrogen) atoms. The van der Waals surface area contributed by atoms with Crippen LogP contribution in [0, 0.1) is 6.92 Å². The van der Waals surface area contributed by atoms with Gasteiger partial charge in [-0.2, -0.15) is 5.10 Å². The van der Waals surface area contributed by atoms with Crippen molar-refractivity contribution in [3.63, 3.8) is 0 Å². The number of hydrogen-bond donors (Lipinski definition) is 0. The zero-order valence-electron chi connectivity index (χ0n) is 11.0. The van der Waals surface area contributed by atoms with Crippen LogP contribution in [-0.2, 0) is 0 Å². The first kappa shape index (κ1) is 12.1. The van der Waals surface area contributed by atoms with Gasteiger partial charge in [0.15, 0.2) is 6.29 Å². The molecule has 2 aromatic rings. The van der Waals surface area contributed by atoms with Gasteiger partial charge in [0.05, 0.1) is 11.6 Å². The SMILES string of the molecule is Cc1cncc(-c2nn(C3CCCC3)cc2C=O)c1. The molecule has 4 heteroatoms. The van der Waals surface area contributed by atoms with Crippen molar-refractivity contribution in [2.75, 3.05) is 0 Å². The van der Waals surface area contributed by atoms with Crippen molar-refractivity contribution in [3.05, 3.63) is 35.8 Å². The molecule has 1 aliphatic rings. The van der Waals surface area contributed by atoms with E-state index < -0.39 is 0 Å². The summed E-state index contributed by atoms with van der Waals surface area (Å²) in [5.41, 5.74) is 3.39. The summed E-state index contributed by atoms with van der Waals surface area (Å²) in [4.78, 5) is 15.4. The second-order valence-corrected chi connectivity index (χ2v) is 5.22. The molecule has 1 saturated carbocycles. The van der Waals surface area contributed by atoms with E-state index in [-0.39, 0.29) is 0 Å². The topological polar surface area (TPSA) is 47.8 Å². The first-order valence-corrected chi connectivity index (χ1v) is 6.74. The van der Waals surface area contributed by atoms with Crippen molar-refractivity contribution in [2.24, 2.45) is 0 Å². The Morgan fingerprint density at radius 1 is 1.32 bits per heavy atom. The minimum atomic E-state index is 0.449. The zero-order valence-corrected chi connectivity index (χ0v) is 11.0. The highest BCUT2D eigenvalue weighted by molar-refractivity contribution is 5.85. The summed E-state index contributed by atoms with van der Waals surface area (Å²) in [6.07, 6.45) is 11.2. The molecule has 0 atom stereocenters. The number of carbonyl (C=O) groups excluding carboxylic acids is 1. The van der Waals surface area contributed by atoms with Crippen LogP contribution >= 0.6 is 0 Å². The van der Waals surface area contributed by atoms with Crippen molar-refractivity contribution < 1.29 is 4.79 Å². The number of aldehydes is 1. The highest BCUT2D eigenvalue weighted by Crippen LogP contribution is 2.31. The standard InChI is InChI=1S/C15H17N3O/c1-11-6-12(8-16-7-11)15-13(10-19)9-18(17-15)14-4-2-3-5-14/h6-10,14H,2-5H2,1H3. The van der Waals surface area contributed by atoms with Gasteiger partial charge in [0.25, 0.3) is 0 Å². The maximum atomic E-state index is 11.2. The minimum Gasteiger partial charge on any atom is -0.298 e. The van der Waals surface area contributed by atoms with Crippen LogP contribution in [-0.4, -0.2) is 21.1 Å². The number of carbonyl (C=O) groups is 1. The lowest BCUT2D eigenvalue weighted by atomic mass is 10.1. The average Bonchev–Trinajstić information content (AvgIpc) is 3.07. The van der Waals surface area contributed by atoms with Crippen LogP contribution in [0.4, 0.5) is 0 Å². The summed E-state index contributed by atoms with van der Waals surface area (Å²) >= 11 is 0. The lowest BCUT2D eigenvalue weighted by molar-refractivity contribution is 0.112. The Morgan fingerprint density at radius 2 is 2.11 bits per heavy atom. The van der Waals surface area contributed by atoms with Crippen molar-refractivity contribution in [1.29, 1.82) is 0 Å². The summed E-state index contributed by atoms with van der Waals surface area (Å²) in [7, 11) is 0. The molecule has 2 heterocycles. The Balaban J connectivity index is 2.02. The molecule has 1 aliphatic carbocycles. The molecular formula is C15H17N3O. The molecule has 0 amide bonds. The van der Waals surface area contributed by atoms with Crippen LogP contribution in [0.3, 0.4) is 0 Å². The van der Waals surface area contributed by atoms with Crippen LogP contribution < -0.4 is 0 Å². The highest BCUT2D eigenvalue weighted by atomic mass is 16.1. The normalized spacial score (nSPS) is 15.8. The van der Waals surface area contributed by atoms with Gasteiger partial charge >= 0.3 is 0 Å². The Labute approximate surface area is 112 Å². The molecule has 0 saturated heterocycles. The molecule has 0 N–H and O–H groups in total. The number of rotatable bonds is 3. The van der Waals surface area contributed by atoms with Crippen molar-refractivity contribution in [2.45, 2.75) is 38.6 Å². The summed E-state index contributed by atoms with van der Waals surface area (Å²) in [6, 6.07) is 2.46. The minimum absolute atomic E-state index is 0.449. The summed E-state index contributed by atoms with van der Waals surface area (Å²) in [5, 5.41) is 4.62. The lowest BCUT2D eigenvalue weighted by Crippen LogP contribution is -2.04. The fourth-order valence-corrected chi connectivity index (χ4v) is 2.76. The molecule has 0 aliphatic heterocycles. The Kier molecular flexibility index (Phi) is 3.15. The third-order valence-electron chi connectivity index (χ3n) is 3.73. The van der Waals surface area contributed by atoms with E-state index in [1.807, 2.05) is 23.9 Å². The van der Waals surface area contributed by atoms with Crippen LogP contribution in [0.25, 0.3) is 11.3 Å². The van der Waals surface area contributed by atoms with Crippen LogP contribution in [0.15, 0.2) is 24.7 Å². The van der Waals surface area contributed by atoms with Gasteiger partial charge in [-0.05, 0) is 31.4 Å². The first-order chi connectivity index (χ1) is 9.28. The molecule has 0 spiro atoms. The van der Waals surface area contributed by atoms with Gasteiger partial charge in [-0.25, -0.2) is 0 Å². The van der Waals surface area contributed by atoms with Gasteiger partial charge in [-0.15, -0.1) is 0 Å². The van der Waals surface area contributed by atoms with E-state index in [9.17, 15) is 4.79 Å². The molecule has 0 radical (unpaired) electrons. The number of pyridine rings is 1. The van der Waals surface area contributed by atoms with E-state index in [1.165, 1.54) is 12.8 Å².